The lowest BCUT2D eigenvalue weighted by Gasteiger charge is -2.13. The minimum absolute atomic E-state index is 0.325. The van der Waals surface area contributed by atoms with E-state index in [9.17, 15) is 14.4 Å². The van der Waals surface area contributed by atoms with Gasteiger partial charge < -0.3 is 25.8 Å². The van der Waals surface area contributed by atoms with Crippen molar-refractivity contribution in [1.82, 2.24) is 20.6 Å². The first kappa shape index (κ1) is 15.5. The highest BCUT2D eigenvalue weighted by Crippen LogP contribution is 1.95. The normalized spacial score (nSPS) is 11.6. The van der Waals surface area contributed by atoms with Crippen molar-refractivity contribution in [2.24, 2.45) is 0 Å². The maximum absolute atomic E-state index is 11.4. The molecule has 0 aliphatic rings. The highest BCUT2D eigenvalue weighted by molar-refractivity contribution is 5.86. The Bertz CT molecular complexity index is 459. The molecule has 0 saturated heterocycles. The van der Waals surface area contributed by atoms with Gasteiger partial charge in [-0.2, -0.15) is 0 Å². The van der Waals surface area contributed by atoms with E-state index in [1.165, 1.54) is 0 Å². The first-order valence-corrected chi connectivity index (χ1v) is 5.96. The van der Waals surface area contributed by atoms with E-state index >= 15 is 0 Å². The van der Waals surface area contributed by atoms with Crippen LogP contribution in [-0.2, 0) is 16.0 Å². The molecule has 9 heteroatoms. The predicted molar refractivity (Wildman–Crippen MR) is 67.1 cm³/mol. The predicted octanol–water partition coefficient (Wildman–Crippen LogP) is -0.431. The molecule has 0 bridgehead atoms. The van der Waals surface area contributed by atoms with Crippen molar-refractivity contribution in [3.05, 3.63) is 18.2 Å². The van der Waals surface area contributed by atoms with E-state index in [-0.39, 0.29) is 0 Å². The molecular formula is C11H16N4O5. The highest BCUT2D eigenvalue weighted by atomic mass is 16.4. The third-order valence-electron chi connectivity index (χ3n) is 2.41. The molecule has 110 valence electrons. The summed E-state index contributed by atoms with van der Waals surface area (Å²) in [6, 6.07) is -2.16. The van der Waals surface area contributed by atoms with Gasteiger partial charge in [0.2, 0.25) is 0 Å². The third-order valence-corrected chi connectivity index (χ3v) is 2.41. The van der Waals surface area contributed by atoms with E-state index < -0.39 is 30.4 Å². The van der Waals surface area contributed by atoms with Gasteiger partial charge in [0.05, 0.1) is 6.42 Å². The van der Waals surface area contributed by atoms with Gasteiger partial charge in [0, 0.05) is 25.4 Å². The molecule has 1 heterocycles. The van der Waals surface area contributed by atoms with Gasteiger partial charge in [0.25, 0.3) is 0 Å². The summed E-state index contributed by atoms with van der Waals surface area (Å²) >= 11 is 0. The molecule has 0 aliphatic heterocycles. The number of rotatable bonds is 8. The number of carboxylic acids is 2. The van der Waals surface area contributed by atoms with Crippen molar-refractivity contribution in [2.75, 3.05) is 6.54 Å². The smallest absolute Gasteiger partial charge is 0.326 e. The zero-order chi connectivity index (χ0) is 15.0. The van der Waals surface area contributed by atoms with Crippen LogP contribution < -0.4 is 10.6 Å². The molecule has 0 saturated carbocycles. The number of carboxylic acid groups (broad SMARTS) is 2. The van der Waals surface area contributed by atoms with E-state index in [0.29, 0.717) is 19.4 Å². The van der Waals surface area contributed by atoms with Crippen LogP contribution in [0.3, 0.4) is 0 Å². The van der Waals surface area contributed by atoms with Gasteiger partial charge in [-0.1, -0.05) is 0 Å². The molecule has 1 rings (SSSR count). The summed E-state index contributed by atoms with van der Waals surface area (Å²) < 4.78 is 0. The van der Waals surface area contributed by atoms with Gasteiger partial charge >= 0.3 is 18.0 Å². The Balaban J connectivity index is 2.24. The van der Waals surface area contributed by atoms with E-state index in [2.05, 4.69) is 20.6 Å². The Morgan fingerprint density at radius 2 is 2.10 bits per heavy atom. The average molecular weight is 284 g/mol. The fraction of sp³-hybridized carbons (Fsp3) is 0.455. The van der Waals surface area contributed by atoms with Gasteiger partial charge in [-0.05, 0) is 6.42 Å². The Morgan fingerprint density at radius 1 is 1.35 bits per heavy atom. The second kappa shape index (κ2) is 7.77. The van der Waals surface area contributed by atoms with Crippen molar-refractivity contribution in [2.45, 2.75) is 25.3 Å². The van der Waals surface area contributed by atoms with Crippen molar-refractivity contribution < 1.29 is 24.6 Å². The summed E-state index contributed by atoms with van der Waals surface area (Å²) in [5.41, 5.74) is 0. The molecule has 20 heavy (non-hydrogen) atoms. The van der Waals surface area contributed by atoms with E-state index in [1.807, 2.05) is 0 Å². The zero-order valence-corrected chi connectivity index (χ0v) is 10.6. The van der Waals surface area contributed by atoms with Crippen LogP contribution >= 0.6 is 0 Å². The number of hydrogen-bond donors (Lipinski definition) is 5. The number of carbonyl (C=O) groups excluding carboxylic acids is 1. The van der Waals surface area contributed by atoms with Crippen molar-refractivity contribution in [1.29, 1.82) is 0 Å². The van der Waals surface area contributed by atoms with Gasteiger partial charge in [-0.3, -0.25) is 4.79 Å². The number of nitrogens with zero attached hydrogens (tertiary/aromatic N) is 1. The summed E-state index contributed by atoms with van der Waals surface area (Å²) in [6.45, 7) is 0.325. The lowest BCUT2D eigenvalue weighted by molar-refractivity contribution is -0.145. The molecule has 5 N–H and O–H groups in total. The number of aromatic nitrogens is 2. The number of aliphatic carboxylic acids is 2. The fourth-order valence-electron chi connectivity index (χ4n) is 1.48. The number of hydrogen-bond acceptors (Lipinski definition) is 4. The standard InChI is InChI=1S/C11H16N4O5/c16-9(17)6-7(10(18)19)15-11(20)14-3-1-2-8-12-4-5-13-8/h4-5,7H,1-3,6H2,(H,12,13)(H,16,17)(H,18,19)(H2,14,15,20). The highest BCUT2D eigenvalue weighted by Gasteiger charge is 2.22. The minimum Gasteiger partial charge on any atom is -0.481 e. The number of nitrogens with one attached hydrogen (secondary N) is 3. The monoisotopic (exact) mass is 284 g/mol. The van der Waals surface area contributed by atoms with Crippen molar-refractivity contribution >= 4 is 18.0 Å². The van der Waals surface area contributed by atoms with Gasteiger partial charge in [0.15, 0.2) is 0 Å². The molecule has 0 spiro atoms. The Morgan fingerprint density at radius 3 is 2.65 bits per heavy atom. The Kier molecular flexibility index (Phi) is 6.01. The Hall–Kier alpha value is -2.58. The van der Waals surface area contributed by atoms with Crippen LogP contribution in [0.25, 0.3) is 0 Å². The van der Waals surface area contributed by atoms with Crippen LogP contribution in [0.5, 0.6) is 0 Å². The second-order valence-corrected chi connectivity index (χ2v) is 4.03. The van der Waals surface area contributed by atoms with E-state index in [0.717, 1.165) is 5.82 Å². The summed E-state index contributed by atoms with van der Waals surface area (Å²) in [7, 11) is 0. The van der Waals surface area contributed by atoms with E-state index in [1.54, 1.807) is 12.4 Å². The number of aromatic amines is 1. The summed E-state index contributed by atoms with van der Waals surface area (Å²) in [4.78, 5) is 39.5. The lowest BCUT2D eigenvalue weighted by atomic mass is 10.2. The quantitative estimate of drug-likeness (QED) is 0.410. The number of carbonyl (C=O) groups is 3. The molecule has 2 amide bonds. The van der Waals surface area contributed by atoms with Crippen LogP contribution in [0, 0.1) is 0 Å². The first-order chi connectivity index (χ1) is 9.49. The van der Waals surface area contributed by atoms with Gasteiger partial charge in [-0.25, -0.2) is 14.6 Å². The van der Waals surface area contributed by atoms with Gasteiger partial charge in [-0.15, -0.1) is 0 Å². The van der Waals surface area contributed by atoms with Crippen molar-refractivity contribution in [3.8, 4) is 0 Å². The molecule has 0 radical (unpaired) electrons. The number of amides is 2. The SMILES string of the molecule is O=C(O)CC(NC(=O)NCCCc1ncc[nH]1)C(=O)O. The molecule has 9 nitrogen and oxygen atoms in total. The van der Waals surface area contributed by atoms with Crippen LogP contribution in [-0.4, -0.2) is 50.7 Å². The summed E-state index contributed by atoms with van der Waals surface area (Å²) in [5.74, 6) is -1.89. The molecular weight excluding hydrogens is 268 g/mol. The number of aryl methyl sites for hydroxylation is 1. The Labute approximate surface area is 114 Å². The zero-order valence-electron chi connectivity index (χ0n) is 10.6. The minimum atomic E-state index is -1.45. The van der Waals surface area contributed by atoms with Crippen LogP contribution in [0.2, 0.25) is 0 Å². The summed E-state index contributed by atoms with van der Waals surface area (Å²) in [5, 5.41) is 21.8. The molecule has 0 aliphatic carbocycles. The number of urea groups is 1. The van der Waals surface area contributed by atoms with Crippen molar-refractivity contribution in [3.63, 3.8) is 0 Å². The first-order valence-electron chi connectivity index (χ1n) is 5.96. The largest absolute Gasteiger partial charge is 0.481 e. The summed E-state index contributed by atoms with van der Waals surface area (Å²) in [6.07, 6.45) is 3.91. The molecule has 0 fully saturated rings. The molecule has 1 aromatic heterocycles. The van der Waals surface area contributed by atoms with Crippen LogP contribution in [0.15, 0.2) is 12.4 Å². The maximum atomic E-state index is 11.4. The average Bonchev–Trinajstić information content (AvgIpc) is 2.86. The molecule has 0 aromatic carbocycles. The van der Waals surface area contributed by atoms with Gasteiger partial charge in [0.1, 0.15) is 11.9 Å². The lowest BCUT2D eigenvalue weighted by Crippen LogP contribution is -2.47. The molecule has 1 atom stereocenters. The third kappa shape index (κ3) is 5.85. The number of H-pyrrole nitrogens is 1. The fourth-order valence-corrected chi connectivity index (χ4v) is 1.48. The molecule has 1 aromatic rings. The second-order valence-electron chi connectivity index (χ2n) is 4.03. The van der Waals surface area contributed by atoms with E-state index in [4.69, 9.17) is 10.2 Å². The van der Waals surface area contributed by atoms with Crippen LogP contribution in [0.4, 0.5) is 4.79 Å². The number of imidazole rings is 1. The van der Waals surface area contributed by atoms with Crippen LogP contribution in [0.1, 0.15) is 18.7 Å². The molecule has 1 unspecified atom stereocenters. The maximum Gasteiger partial charge on any atom is 0.326 e. The topological polar surface area (TPSA) is 144 Å².